The minimum Gasteiger partial charge on any atom is -0.342 e. The summed E-state index contributed by atoms with van der Waals surface area (Å²) in [7, 11) is 1.95. The quantitative estimate of drug-likeness (QED) is 0.915. The lowest BCUT2D eigenvalue weighted by molar-refractivity contribution is -0.134. The van der Waals surface area contributed by atoms with Crippen LogP contribution in [0.5, 0.6) is 0 Å². The molecule has 1 N–H and O–H groups in total. The van der Waals surface area contributed by atoms with Gasteiger partial charge in [-0.3, -0.25) is 9.59 Å². The first-order valence-corrected chi connectivity index (χ1v) is 8.81. The molecule has 0 aliphatic carbocycles. The van der Waals surface area contributed by atoms with E-state index in [9.17, 15) is 9.59 Å². The van der Waals surface area contributed by atoms with Gasteiger partial charge in [0.05, 0.1) is 5.92 Å². The van der Waals surface area contributed by atoms with Crippen molar-refractivity contribution in [2.24, 2.45) is 11.8 Å². The van der Waals surface area contributed by atoms with Gasteiger partial charge in [0, 0.05) is 31.7 Å². The molecule has 2 fully saturated rings. The van der Waals surface area contributed by atoms with E-state index in [2.05, 4.69) is 5.32 Å². The summed E-state index contributed by atoms with van der Waals surface area (Å²) in [6.45, 7) is 7.17. The lowest BCUT2D eigenvalue weighted by Gasteiger charge is -2.22. The van der Waals surface area contributed by atoms with Gasteiger partial charge in [-0.25, -0.2) is 0 Å². The smallest absolute Gasteiger partial charge is 0.228 e. The van der Waals surface area contributed by atoms with Crippen molar-refractivity contribution in [3.05, 3.63) is 29.3 Å². The molecule has 2 aliphatic heterocycles. The highest BCUT2D eigenvalue weighted by molar-refractivity contribution is 6.01. The second-order valence-electron chi connectivity index (χ2n) is 7.12. The highest BCUT2D eigenvalue weighted by Crippen LogP contribution is 2.31. The summed E-state index contributed by atoms with van der Waals surface area (Å²) in [5.41, 5.74) is 3.24. The predicted octanol–water partition coefficient (Wildman–Crippen LogP) is 1.72. The van der Waals surface area contributed by atoms with E-state index in [0.717, 1.165) is 37.3 Å². The number of carbonyl (C=O) groups excluding carboxylic acids is 2. The molecule has 2 atom stereocenters. The summed E-state index contributed by atoms with van der Waals surface area (Å²) in [6, 6.07) is 6.00. The van der Waals surface area contributed by atoms with Crippen molar-refractivity contribution in [1.82, 2.24) is 10.2 Å². The van der Waals surface area contributed by atoms with Crippen LogP contribution in [0.3, 0.4) is 0 Å². The molecule has 2 unspecified atom stereocenters. The maximum atomic E-state index is 12.8. The molecule has 2 saturated heterocycles. The molecule has 0 bridgehead atoms. The summed E-state index contributed by atoms with van der Waals surface area (Å²) >= 11 is 0. The van der Waals surface area contributed by atoms with Crippen LogP contribution in [0.25, 0.3) is 0 Å². The highest BCUT2D eigenvalue weighted by Gasteiger charge is 2.39. The van der Waals surface area contributed by atoms with Crippen molar-refractivity contribution in [2.45, 2.75) is 26.7 Å². The van der Waals surface area contributed by atoms with Crippen LogP contribution in [0.1, 0.15) is 24.0 Å². The van der Waals surface area contributed by atoms with Gasteiger partial charge in [0.15, 0.2) is 0 Å². The van der Waals surface area contributed by atoms with E-state index in [-0.39, 0.29) is 17.7 Å². The average molecular weight is 329 g/mol. The number of anilines is 1. The number of likely N-dealkylation sites (tertiary alicyclic amines) is 1. The molecule has 130 valence electrons. The zero-order chi connectivity index (χ0) is 17.3. The van der Waals surface area contributed by atoms with E-state index in [1.54, 1.807) is 4.90 Å². The van der Waals surface area contributed by atoms with Gasteiger partial charge in [0.25, 0.3) is 0 Å². The molecule has 0 spiro atoms. The van der Waals surface area contributed by atoms with E-state index in [0.29, 0.717) is 18.9 Å². The van der Waals surface area contributed by atoms with Gasteiger partial charge in [-0.05, 0) is 57.0 Å². The second kappa shape index (κ2) is 6.93. The van der Waals surface area contributed by atoms with Crippen molar-refractivity contribution in [3.63, 3.8) is 0 Å². The fourth-order valence-corrected chi connectivity index (χ4v) is 3.88. The first-order chi connectivity index (χ1) is 11.5. The molecule has 2 amide bonds. The molecule has 5 nitrogen and oxygen atoms in total. The molecule has 24 heavy (non-hydrogen) atoms. The zero-order valence-corrected chi connectivity index (χ0v) is 14.8. The molecule has 3 rings (SSSR count). The summed E-state index contributed by atoms with van der Waals surface area (Å²) in [5, 5.41) is 3.19. The van der Waals surface area contributed by atoms with Gasteiger partial charge in [-0.15, -0.1) is 0 Å². The molecule has 5 heteroatoms. The Morgan fingerprint density at radius 3 is 2.83 bits per heavy atom. The predicted molar refractivity (Wildman–Crippen MR) is 95.0 cm³/mol. The van der Waals surface area contributed by atoms with E-state index in [4.69, 9.17) is 0 Å². The maximum Gasteiger partial charge on any atom is 0.228 e. The molecule has 1 aromatic carbocycles. The molecular formula is C19H27N3O2. The van der Waals surface area contributed by atoms with Crippen LogP contribution in [0.4, 0.5) is 5.69 Å². The van der Waals surface area contributed by atoms with E-state index in [1.807, 2.05) is 44.0 Å². The summed E-state index contributed by atoms with van der Waals surface area (Å²) in [4.78, 5) is 29.0. The minimum atomic E-state index is -0.203. The Bertz CT molecular complexity index is 643. The molecule has 1 aromatic rings. The van der Waals surface area contributed by atoms with Gasteiger partial charge in [-0.1, -0.05) is 12.1 Å². The third-order valence-electron chi connectivity index (χ3n) is 5.43. The van der Waals surface area contributed by atoms with Crippen LogP contribution in [0.15, 0.2) is 18.2 Å². The number of carbonyl (C=O) groups is 2. The molecule has 0 aromatic heterocycles. The zero-order valence-electron chi connectivity index (χ0n) is 14.8. The Labute approximate surface area is 144 Å². The van der Waals surface area contributed by atoms with Crippen LogP contribution in [0.2, 0.25) is 0 Å². The number of rotatable bonds is 4. The number of aryl methyl sites for hydroxylation is 1. The fourth-order valence-electron chi connectivity index (χ4n) is 3.88. The molecular weight excluding hydrogens is 302 g/mol. The summed E-state index contributed by atoms with van der Waals surface area (Å²) in [6.07, 6.45) is 1.38. The van der Waals surface area contributed by atoms with Crippen LogP contribution in [-0.4, -0.2) is 49.9 Å². The Morgan fingerprint density at radius 1 is 1.29 bits per heavy atom. The number of amides is 2. The second-order valence-corrected chi connectivity index (χ2v) is 7.12. The van der Waals surface area contributed by atoms with Crippen LogP contribution < -0.4 is 10.2 Å². The fraction of sp³-hybridized carbons (Fsp3) is 0.579. The van der Waals surface area contributed by atoms with E-state index < -0.39 is 0 Å². The number of hydrogen-bond acceptors (Lipinski definition) is 3. The van der Waals surface area contributed by atoms with Crippen molar-refractivity contribution < 1.29 is 9.59 Å². The molecule has 2 aliphatic rings. The van der Waals surface area contributed by atoms with E-state index in [1.165, 1.54) is 5.56 Å². The van der Waals surface area contributed by atoms with Gasteiger partial charge < -0.3 is 15.1 Å². The monoisotopic (exact) mass is 329 g/mol. The normalized spacial score (nSPS) is 24.0. The maximum absolute atomic E-state index is 12.8. The van der Waals surface area contributed by atoms with Crippen LogP contribution in [0, 0.1) is 25.7 Å². The molecule has 2 heterocycles. The minimum absolute atomic E-state index is 0.0630. The number of nitrogens with one attached hydrogen (secondary N) is 1. The largest absolute Gasteiger partial charge is 0.342 e. The SMILES string of the molecule is CNCC1CCN(C(=O)C2CC(=O)N(c3cccc(C)c3C)C2)C1. The lowest BCUT2D eigenvalue weighted by Crippen LogP contribution is -2.36. The van der Waals surface area contributed by atoms with Crippen LogP contribution >= 0.6 is 0 Å². The Balaban J connectivity index is 1.69. The van der Waals surface area contributed by atoms with Gasteiger partial charge in [-0.2, -0.15) is 0 Å². The third kappa shape index (κ3) is 3.18. The van der Waals surface area contributed by atoms with Gasteiger partial charge >= 0.3 is 0 Å². The standard InChI is InChI=1S/C19H27N3O2/c1-13-5-4-6-17(14(13)2)22-12-16(9-18(22)23)19(24)21-8-7-15(11-21)10-20-3/h4-6,15-16,20H,7-12H2,1-3H3. The molecule has 0 saturated carbocycles. The van der Waals surface area contributed by atoms with Crippen molar-refractivity contribution in [2.75, 3.05) is 38.1 Å². The first-order valence-electron chi connectivity index (χ1n) is 8.81. The molecule has 0 radical (unpaired) electrons. The van der Waals surface area contributed by atoms with Crippen molar-refractivity contribution in [1.29, 1.82) is 0 Å². The van der Waals surface area contributed by atoms with Gasteiger partial charge in [0.1, 0.15) is 0 Å². The summed E-state index contributed by atoms with van der Waals surface area (Å²) < 4.78 is 0. The summed E-state index contributed by atoms with van der Waals surface area (Å²) in [5.74, 6) is 0.541. The Hall–Kier alpha value is -1.88. The average Bonchev–Trinajstić information content (AvgIpc) is 3.17. The number of hydrogen-bond donors (Lipinski definition) is 1. The Morgan fingerprint density at radius 2 is 2.08 bits per heavy atom. The third-order valence-corrected chi connectivity index (χ3v) is 5.43. The Kier molecular flexibility index (Phi) is 4.90. The van der Waals surface area contributed by atoms with E-state index >= 15 is 0 Å². The number of benzene rings is 1. The number of nitrogens with zero attached hydrogens (tertiary/aromatic N) is 2. The van der Waals surface area contributed by atoms with Crippen LogP contribution in [-0.2, 0) is 9.59 Å². The van der Waals surface area contributed by atoms with Crippen molar-refractivity contribution in [3.8, 4) is 0 Å². The first kappa shape index (κ1) is 17.0. The lowest BCUT2D eigenvalue weighted by atomic mass is 10.1. The van der Waals surface area contributed by atoms with Crippen molar-refractivity contribution >= 4 is 17.5 Å². The topological polar surface area (TPSA) is 52.7 Å². The highest BCUT2D eigenvalue weighted by atomic mass is 16.2. The van der Waals surface area contributed by atoms with Gasteiger partial charge in [0.2, 0.25) is 11.8 Å².